The van der Waals surface area contributed by atoms with Crippen LogP contribution >= 0.6 is 0 Å². The van der Waals surface area contributed by atoms with Gasteiger partial charge in [-0.1, -0.05) is 13.3 Å². The van der Waals surface area contributed by atoms with Crippen LogP contribution in [0.4, 0.5) is 5.69 Å². The Kier molecular flexibility index (Phi) is 4.23. The van der Waals surface area contributed by atoms with E-state index in [0.717, 1.165) is 19.4 Å². The molecule has 0 aliphatic carbocycles. The second-order valence-corrected chi connectivity index (χ2v) is 6.34. The highest BCUT2D eigenvalue weighted by atomic mass is 32.2. The average molecular weight is 273 g/mol. The first-order valence-electron chi connectivity index (χ1n) is 6.23. The van der Waals surface area contributed by atoms with Gasteiger partial charge in [-0.25, -0.2) is 8.42 Å². The van der Waals surface area contributed by atoms with E-state index in [1.807, 2.05) is 6.92 Å². The maximum absolute atomic E-state index is 11.7. The summed E-state index contributed by atoms with van der Waals surface area (Å²) in [4.78, 5) is 0. The van der Waals surface area contributed by atoms with Crippen LogP contribution in [0, 0.1) is 0 Å². The van der Waals surface area contributed by atoms with E-state index in [1.165, 1.54) is 0 Å². The van der Waals surface area contributed by atoms with Crippen molar-refractivity contribution in [3.63, 3.8) is 0 Å². The van der Waals surface area contributed by atoms with E-state index < -0.39 is 10.0 Å². The Bertz CT molecular complexity index is 477. The van der Waals surface area contributed by atoms with Crippen LogP contribution in [0.1, 0.15) is 32.2 Å². The number of ether oxygens (including phenoxy) is 1. The van der Waals surface area contributed by atoms with Gasteiger partial charge < -0.3 is 4.74 Å². The molecule has 1 aliphatic rings. The van der Waals surface area contributed by atoms with Gasteiger partial charge in [0.1, 0.15) is 0 Å². The Morgan fingerprint density at radius 1 is 1.61 bits per heavy atom. The molecule has 18 heavy (non-hydrogen) atoms. The van der Waals surface area contributed by atoms with Gasteiger partial charge in [0.15, 0.2) is 0 Å². The Balaban J connectivity index is 1.97. The zero-order valence-corrected chi connectivity index (χ0v) is 11.3. The number of rotatable bonds is 6. The molecule has 0 bridgehead atoms. The lowest BCUT2D eigenvalue weighted by atomic mass is 10.3. The van der Waals surface area contributed by atoms with Crippen molar-refractivity contribution in [2.75, 3.05) is 23.7 Å². The molecule has 0 radical (unpaired) electrons. The molecule has 7 heteroatoms. The molecule has 1 atom stereocenters. The Hall–Kier alpha value is -1.08. The molecule has 1 saturated heterocycles. The summed E-state index contributed by atoms with van der Waals surface area (Å²) >= 11 is 0. The monoisotopic (exact) mass is 273 g/mol. The maximum atomic E-state index is 11.7. The summed E-state index contributed by atoms with van der Waals surface area (Å²) in [5.74, 6) is 0.154. The van der Waals surface area contributed by atoms with Crippen molar-refractivity contribution in [2.24, 2.45) is 0 Å². The van der Waals surface area contributed by atoms with E-state index in [0.29, 0.717) is 18.7 Å². The molecule has 1 aliphatic heterocycles. The van der Waals surface area contributed by atoms with Gasteiger partial charge in [-0.05, 0) is 12.8 Å². The molecular weight excluding hydrogens is 254 g/mol. The number of sulfonamides is 1. The molecule has 0 aromatic carbocycles. The lowest BCUT2D eigenvalue weighted by Gasteiger charge is -2.07. The Labute approximate surface area is 107 Å². The molecule has 2 heterocycles. The first-order valence-corrected chi connectivity index (χ1v) is 7.88. The van der Waals surface area contributed by atoms with Crippen LogP contribution in [0.25, 0.3) is 0 Å². The smallest absolute Gasteiger partial charge is 0.232 e. The molecule has 1 N–H and O–H groups in total. The van der Waals surface area contributed by atoms with Crippen molar-refractivity contribution in [1.29, 1.82) is 0 Å². The predicted molar refractivity (Wildman–Crippen MR) is 69.0 cm³/mol. The first kappa shape index (κ1) is 13.4. The third-order valence-electron chi connectivity index (χ3n) is 2.92. The van der Waals surface area contributed by atoms with E-state index in [9.17, 15) is 8.42 Å². The first-order chi connectivity index (χ1) is 8.61. The lowest BCUT2D eigenvalue weighted by molar-refractivity contribution is 0.184. The van der Waals surface area contributed by atoms with E-state index in [2.05, 4.69) is 9.82 Å². The normalized spacial score (nSPS) is 20.2. The van der Waals surface area contributed by atoms with Crippen LogP contribution in [0.5, 0.6) is 0 Å². The van der Waals surface area contributed by atoms with Gasteiger partial charge in [-0.15, -0.1) is 0 Å². The van der Waals surface area contributed by atoms with Crippen molar-refractivity contribution in [3.8, 4) is 0 Å². The second kappa shape index (κ2) is 5.71. The number of nitrogens with one attached hydrogen (secondary N) is 1. The molecule has 0 unspecified atom stereocenters. The highest BCUT2D eigenvalue weighted by molar-refractivity contribution is 7.92. The van der Waals surface area contributed by atoms with Crippen molar-refractivity contribution in [2.45, 2.75) is 32.2 Å². The van der Waals surface area contributed by atoms with Gasteiger partial charge in [-0.3, -0.25) is 9.40 Å². The average Bonchev–Trinajstić information content (AvgIpc) is 2.95. The van der Waals surface area contributed by atoms with Crippen LogP contribution in [0.2, 0.25) is 0 Å². The second-order valence-electron chi connectivity index (χ2n) is 4.50. The zero-order valence-electron chi connectivity index (χ0n) is 10.5. The summed E-state index contributed by atoms with van der Waals surface area (Å²) in [7, 11) is -3.24. The molecule has 0 saturated carbocycles. The summed E-state index contributed by atoms with van der Waals surface area (Å²) in [5.41, 5.74) is 0.526. The van der Waals surface area contributed by atoms with Crippen molar-refractivity contribution >= 4 is 15.7 Å². The third kappa shape index (κ3) is 3.46. The fourth-order valence-corrected chi connectivity index (χ4v) is 3.12. The lowest BCUT2D eigenvalue weighted by Crippen LogP contribution is -2.16. The van der Waals surface area contributed by atoms with Gasteiger partial charge in [-0.2, -0.15) is 5.10 Å². The van der Waals surface area contributed by atoms with E-state index in [1.54, 1.807) is 17.1 Å². The molecule has 1 aromatic rings. The number of aromatic nitrogens is 2. The third-order valence-corrected chi connectivity index (χ3v) is 4.29. The van der Waals surface area contributed by atoms with Crippen LogP contribution < -0.4 is 4.72 Å². The van der Waals surface area contributed by atoms with Gasteiger partial charge >= 0.3 is 0 Å². The molecular formula is C11H19N3O3S. The highest BCUT2D eigenvalue weighted by Gasteiger charge is 2.19. The summed E-state index contributed by atoms with van der Waals surface area (Å²) in [6.45, 7) is 3.35. The topological polar surface area (TPSA) is 73.2 Å². The van der Waals surface area contributed by atoms with Gasteiger partial charge in [0.25, 0.3) is 0 Å². The molecule has 1 fully saturated rings. The van der Waals surface area contributed by atoms with Crippen molar-refractivity contribution in [1.82, 2.24) is 9.78 Å². The summed E-state index contributed by atoms with van der Waals surface area (Å²) in [6, 6.07) is 0.221. The Morgan fingerprint density at radius 3 is 3.11 bits per heavy atom. The largest absolute Gasteiger partial charge is 0.379 e. The molecule has 2 rings (SSSR count). The maximum Gasteiger partial charge on any atom is 0.232 e. The molecule has 102 valence electrons. The van der Waals surface area contributed by atoms with Crippen LogP contribution in [0.3, 0.4) is 0 Å². The van der Waals surface area contributed by atoms with E-state index in [4.69, 9.17) is 4.74 Å². The number of hydrogen-bond acceptors (Lipinski definition) is 4. The quantitative estimate of drug-likeness (QED) is 0.850. The standard InChI is InChI=1S/C11H19N3O3S/c1-2-3-6-18(15,16)13-10-7-12-14(8-10)11-4-5-17-9-11/h7-8,11,13H,2-6,9H2,1H3/t11-/m0/s1. The van der Waals surface area contributed by atoms with Gasteiger partial charge in [0, 0.05) is 12.8 Å². The van der Waals surface area contributed by atoms with Crippen molar-refractivity contribution < 1.29 is 13.2 Å². The fourth-order valence-electron chi connectivity index (χ4n) is 1.89. The summed E-state index contributed by atoms with van der Waals surface area (Å²) in [5, 5.41) is 4.17. The minimum absolute atomic E-state index is 0.154. The van der Waals surface area contributed by atoms with Gasteiger partial charge in [0.2, 0.25) is 10.0 Å². The van der Waals surface area contributed by atoms with Crippen LogP contribution in [0.15, 0.2) is 12.4 Å². The van der Waals surface area contributed by atoms with E-state index >= 15 is 0 Å². The minimum Gasteiger partial charge on any atom is -0.379 e. The zero-order chi connectivity index (χ0) is 13.0. The summed E-state index contributed by atoms with van der Waals surface area (Å²) < 4.78 is 33.0. The SMILES string of the molecule is CCCCS(=O)(=O)Nc1cnn([C@H]2CCOC2)c1. The summed E-state index contributed by atoms with van der Waals surface area (Å²) in [6.07, 6.45) is 5.72. The molecule has 6 nitrogen and oxygen atoms in total. The van der Waals surface area contributed by atoms with Crippen molar-refractivity contribution in [3.05, 3.63) is 12.4 Å². The Morgan fingerprint density at radius 2 is 2.44 bits per heavy atom. The highest BCUT2D eigenvalue weighted by Crippen LogP contribution is 2.20. The molecule has 0 amide bonds. The molecule has 0 spiro atoms. The van der Waals surface area contributed by atoms with Gasteiger partial charge in [0.05, 0.1) is 30.3 Å². The number of hydrogen-bond donors (Lipinski definition) is 1. The minimum atomic E-state index is -3.24. The fraction of sp³-hybridized carbons (Fsp3) is 0.727. The number of nitrogens with zero attached hydrogens (tertiary/aromatic N) is 2. The number of unbranched alkanes of at least 4 members (excludes halogenated alkanes) is 1. The van der Waals surface area contributed by atoms with Crippen LogP contribution in [-0.4, -0.2) is 37.2 Å². The predicted octanol–water partition coefficient (Wildman–Crippen LogP) is 1.39. The number of anilines is 1. The van der Waals surface area contributed by atoms with Crippen LogP contribution in [-0.2, 0) is 14.8 Å². The molecule has 1 aromatic heterocycles. The van der Waals surface area contributed by atoms with E-state index in [-0.39, 0.29) is 11.8 Å².